The van der Waals surface area contributed by atoms with Crippen LogP contribution in [0, 0.1) is 17.0 Å². The van der Waals surface area contributed by atoms with Gasteiger partial charge in [-0.25, -0.2) is 4.79 Å². The van der Waals surface area contributed by atoms with Crippen LogP contribution >= 0.6 is 11.3 Å². The highest BCUT2D eigenvalue weighted by atomic mass is 32.1. The number of nitro groups is 1. The molecule has 6 nitrogen and oxygen atoms in total. The average molecular weight is 292 g/mol. The molecule has 0 unspecified atom stereocenters. The highest BCUT2D eigenvalue weighted by Gasteiger charge is 2.23. The van der Waals surface area contributed by atoms with E-state index >= 15 is 0 Å². The number of nitro benzene ring substituents is 1. The summed E-state index contributed by atoms with van der Waals surface area (Å²) in [7, 11) is 0. The monoisotopic (exact) mass is 292 g/mol. The van der Waals surface area contributed by atoms with Crippen molar-refractivity contribution in [1.82, 2.24) is 0 Å². The maximum absolute atomic E-state index is 11.1. The van der Waals surface area contributed by atoms with Crippen molar-refractivity contribution >= 4 is 28.7 Å². The maximum Gasteiger partial charge on any atom is 0.342 e. The quantitative estimate of drug-likeness (QED) is 0.651. The second-order valence-electron chi connectivity index (χ2n) is 4.20. The highest BCUT2D eigenvalue weighted by molar-refractivity contribution is 7.08. The maximum atomic E-state index is 11.1. The molecule has 2 aromatic rings. The van der Waals surface area contributed by atoms with Gasteiger partial charge in [0.15, 0.2) is 0 Å². The van der Waals surface area contributed by atoms with Crippen LogP contribution < -0.4 is 5.32 Å². The van der Waals surface area contributed by atoms with Gasteiger partial charge in [-0.1, -0.05) is 6.07 Å². The third kappa shape index (κ3) is 2.77. The molecule has 0 atom stereocenters. The molecule has 1 aromatic heterocycles. The first-order valence-corrected chi connectivity index (χ1v) is 6.71. The van der Waals surface area contributed by atoms with Gasteiger partial charge >= 0.3 is 11.7 Å². The van der Waals surface area contributed by atoms with Gasteiger partial charge in [0.05, 0.1) is 4.92 Å². The minimum Gasteiger partial charge on any atom is -0.477 e. The van der Waals surface area contributed by atoms with Crippen LogP contribution in [0.5, 0.6) is 0 Å². The van der Waals surface area contributed by atoms with Crippen molar-refractivity contribution < 1.29 is 14.8 Å². The van der Waals surface area contributed by atoms with E-state index in [2.05, 4.69) is 5.32 Å². The van der Waals surface area contributed by atoms with E-state index in [1.54, 1.807) is 11.3 Å². The molecule has 0 amide bonds. The third-order valence-electron chi connectivity index (χ3n) is 2.88. The Bertz CT molecular complexity index is 666. The molecule has 0 saturated carbocycles. The van der Waals surface area contributed by atoms with Crippen molar-refractivity contribution in [2.24, 2.45) is 0 Å². The lowest BCUT2D eigenvalue weighted by Gasteiger charge is -2.08. The molecule has 0 aliphatic carbocycles. The summed E-state index contributed by atoms with van der Waals surface area (Å²) in [5, 5.41) is 27.0. The van der Waals surface area contributed by atoms with Crippen molar-refractivity contribution in [3.05, 3.63) is 55.8 Å². The van der Waals surface area contributed by atoms with Gasteiger partial charge in [0.2, 0.25) is 0 Å². The number of carboxylic acid groups (broad SMARTS) is 1. The molecule has 0 bridgehead atoms. The van der Waals surface area contributed by atoms with Crippen molar-refractivity contribution in [2.45, 2.75) is 13.5 Å². The van der Waals surface area contributed by atoms with E-state index in [1.165, 1.54) is 18.2 Å². The van der Waals surface area contributed by atoms with E-state index in [0.717, 1.165) is 11.1 Å². The van der Waals surface area contributed by atoms with Crippen LogP contribution in [0.3, 0.4) is 0 Å². The van der Waals surface area contributed by atoms with E-state index < -0.39 is 16.6 Å². The summed E-state index contributed by atoms with van der Waals surface area (Å²) in [5.41, 5.74) is 1.61. The molecule has 1 aromatic carbocycles. The second-order valence-corrected chi connectivity index (χ2v) is 4.94. The predicted molar refractivity (Wildman–Crippen MR) is 76.4 cm³/mol. The topological polar surface area (TPSA) is 92.5 Å². The Balaban J connectivity index is 2.32. The Labute approximate surface area is 118 Å². The summed E-state index contributed by atoms with van der Waals surface area (Å²) in [6, 6.07) is 4.22. The molecule has 7 heteroatoms. The summed E-state index contributed by atoms with van der Waals surface area (Å²) in [4.78, 5) is 21.4. The summed E-state index contributed by atoms with van der Waals surface area (Å²) in [6.45, 7) is 2.37. The molecule has 0 saturated heterocycles. The molecule has 104 valence electrons. The fraction of sp³-hybridized carbons (Fsp3) is 0.154. The summed E-state index contributed by atoms with van der Waals surface area (Å²) in [5.74, 6) is -1.31. The van der Waals surface area contributed by atoms with Crippen molar-refractivity contribution in [3.8, 4) is 0 Å². The van der Waals surface area contributed by atoms with Crippen LogP contribution in [-0.2, 0) is 6.54 Å². The lowest BCUT2D eigenvalue weighted by Crippen LogP contribution is -2.08. The molecule has 2 rings (SSSR count). The number of aromatic carboxylic acids is 1. The molecule has 0 aliphatic rings. The molecule has 1 heterocycles. The number of nitrogens with zero attached hydrogens (tertiary/aromatic N) is 1. The van der Waals surface area contributed by atoms with E-state index in [0.29, 0.717) is 6.54 Å². The molecule has 0 spiro atoms. The van der Waals surface area contributed by atoms with Crippen LogP contribution in [0.25, 0.3) is 0 Å². The third-order valence-corrected chi connectivity index (χ3v) is 3.79. The number of benzene rings is 1. The number of aryl methyl sites for hydroxylation is 1. The zero-order valence-electron chi connectivity index (χ0n) is 10.6. The minimum absolute atomic E-state index is 0.209. The lowest BCUT2D eigenvalue weighted by atomic mass is 10.1. The van der Waals surface area contributed by atoms with E-state index in [1.807, 2.05) is 17.7 Å². The van der Waals surface area contributed by atoms with Crippen molar-refractivity contribution in [2.75, 3.05) is 5.32 Å². The van der Waals surface area contributed by atoms with Crippen LogP contribution in [0.2, 0.25) is 0 Å². The van der Waals surface area contributed by atoms with Crippen molar-refractivity contribution in [1.29, 1.82) is 0 Å². The number of anilines is 1. The first-order chi connectivity index (χ1) is 9.50. The molecular formula is C13H12N2O4S. The number of hydrogen-bond donors (Lipinski definition) is 2. The van der Waals surface area contributed by atoms with E-state index in [-0.39, 0.29) is 11.3 Å². The van der Waals surface area contributed by atoms with Crippen molar-refractivity contribution in [3.63, 3.8) is 0 Å². The molecule has 2 N–H and O–H groups in total. The number of para-hydroxylation sites is 1. The summed E-state index contributed by atoms with van der Waals surface area (Å²) >= 11 is 1.55. The van der Waals surface area contributed by atoms with Gasteiger partial charge in [-0.2, -0.15) is 11.3 Å². The van der Waals surface area contributed by atoms with Gasteiger partial charge in [0.1, 0.15) is 11.3 Å². The molecular weight excluding hydrogens is 280 g/mol. The summed E-state index contributed by atoms with van der Waals surface area (Å²) in [6.07, 6.45) is 0. The predicted octanol–water partition coefficient (Wildman–Crippen LogP) is 3.28. The SMILES string of the molecule is Cc1cscc1CNc1cccc(C(=O)O)c1[N+](=O)[O-]. The lowest BCUT2D eigenvalue weighted by molar-refractivity contribution is -0.384. The van der Waals surface area contributed by atoms with Gasteiger partial charge in [0, 0.05) is 6.54 Å². The number of carbonyl (C=O) groups is 1. The smallest absolute Gasteiger partial charge is 0.342 e. The first kappa shape index (κ1) is 14.0. The van der Waals surface area contributed by atoms with Crippen LogP contribution in [0.4, 0.5) is 11.4 Å². The number of hydrogen-bond acceptors (Lipinski definition) is 5. The average Bonchev–Trinajstić information content (AvgIpc) is 2.81. The minimum atomic E-state index is -1.31. The molecule has 0 aliphatic heterocycles. The van der Waals surface area contributed by atoms with Crippen LogP contribution in [0.15, 0.2) is 29.0 Å². The number of thiophene rings is 1. The van der Waals surface area contributed by atoms with Gasteiger partial charge in [0.25, 0.3) is 0 Å². The highest BCUT2D eigenvalue weighted by Crippen LogP contribution is 2.29. The van der Waals surface area contributed by atoms with Gasteiger partial charge in [-0.15, -0.1) is 0 Å². The fourth-order valence-electron chi connectivity index (χ4n) is 1.81. The standard InChI is InChI=1S/C13H12N2O4S/c1-8-6-20-7-9(8)5-14-11-4-2-3-10(13(16)17)12(11)15(18)19/h2-4,6-7,14H,5H2,1H3,(H,16,17). The fourth-order valence-corrected chi connectivity index (χ4v) is 2.67. The molecule has 0 radical (unpaired) electrons. The van der Waals surface area contributed by atoms with Gasteiger partial charge in [-0.05, 0) is 40.9 Å². The molecule has 0 fully saturated rings. The zero-order valence-corrected chi connectivity index (χ0v) is 11.4. The van der Waals surface area contributed by atoms with Crippen LogP contribution in [0.1, 0.15) is 21.5 Å². The Morgan fingerprint density at radius 1 is 1.45 bits per heavy atom. The summed E-state index contributed by atoms with van der Waals surface area (Å²) < 4.78 is 0. The Kier molecular flexibility index (Phi) is 3.99. The van der Waals surface area contributed by atoms with E-state index in [4.69, 9.17) is 5.11 Å². The van der Waals surface area contributed by atoms with Gasteiger partial charge < -0.3 is 10.4 Å². The van der Waals surface area contributed by atoms with Gasteiger partial charge in [-0.3, -0.25) is 10.1 Å². The number of carboxylic acids is 1. The Morgan fingerprint density at radius 2 is 2.20 bits per heavy atom. The number of rotatable bonds is 5. The zero-order chi connectivity index (χ0) is 14.7. The largest absolute Gasteiger partial charge is 0.477 e. The second kappa shape index (κ2) is 5.70. The Morgan fingerprint density at radius 3 is 2.75 bits per heavy atom. The van der Waals surface area contributed by atoms with Crippen LogP contribution in [-0.4, -0.2) is 16.0 Å². The normalized spacial score (nSPS) is 10.2. The van der Waals surface area contributed by atoms with E-state index in [9.17, 15) is 14.9 Å². The first-order valence-electron chi connectivity index (χ1n) is 5.77. The Hall–Kier alpha value is -2.41. The number of nitrogens with one attached hydrogen (secondary N) is 1. The molecule has 20 heavy (non-hydrogen) atoms.